The number of para-hydroxylation sites is 1. The summed E-state index contributed by atoms with van der Waals surface area (Å²) in [5, 5.41) is 18.8. The molecule has 0 radical (unpaired) electrons. The molecule has 0 aliphatic heterocycles. The van der Waals surface area contributed by atoms with E-state index in [-0.39, 0.29) is 16.5 Å². The zero-order chi connectivity index (χ0) is 25.9. The lowest BCUT2D eigenvalue weighted by Gasteiger charge is -2.23. The molecule has 9 nitrogen and oxygen atoms in total. The van der Waals surface area contributed by atoms with E-state index in [0.29, 0.717) is 23.4 Å². The summed E-state index contributed by atoms with van der Waals surface area (Å²) in [5.74, 6) is -0.402. The molecule has 1 aromatic heterocycles. The lowest BCUT2D eigenvalue weighted by molar-refractivity contribution is -0.116. The molecule has 0 spiro atoms. The van der Waals surface area contributed by atoms with Crippen LogP contribution in [0.5, 0.6) is 11.6 Å². The molecule has 186 valence electrons. The van der Waals surface area contributed by atoms with Crippen LogP contribution in [0.3, 0.4) is 0 Å². The number of aromatic nitrogens is 1. The van der Waals surface area contributed by atoms with Gasteiger partial charge < -0.3 is 14.4 Å². The lowest BCUT2D eigenvalue weighted by Crippen LogP contribution is -2.35. The largest absolute Gasteiger partial charge is 0.494 e. The maximum atomic E-state index is 13.5. The van der Waals surface area contributed by atoms with Crippen LogP contribution in [0.15, 0.2) is 87.9 Å². The van der Waals surface area contributed by atoms with Crippen molar-refractivity contribution in [2.24, 2.45) is 17.3 Å². The topological polar surface area (TPSA) is 114 Å². The third kappa shape index (κ3) is 4.94. The lowest BCUT2D eigenvalue weighted by atomic mass is 10.2. The van der Waals surface area contributed by atoms with Crippen LogP contribution in [0.2, 0.25) is 0 Å². The summed E-state index contributed by atoms with van der Waals surface area (Å²) in [4.78, 5) is 12.9. The number of aromatic hydroxyl groups is 1. The Morgan fingerprint density at radius 1 is 1.03 bits per heavy atom. The quantitative estimate of drug-likeness (QED) is 0.334. The van der Waals surface area contributed by atoms with Gasteiger partial charge in [-0.2, -0.15) is 0 Å². The summed E-state index contributed by atoms with van der Waals surface area (Å²) in [7, 11) is -2.45. The Kier molecular flexibility index (Phi) is 7.07. The van der Waals surface area contributed by atoms with Crippen molar-refractivity contribution in [2.45, 2.75) is 18.7 Å². The first-order valence-corrected chi connectivity index (χ1v) is 12.7. The monoisotopic (exact) mass is 506 g/mol. The average molecular weight is 507 g/mol. The molecule has 1 heterocycles. The molecule has 0 bridgehead atoms. The number of azo groups is 1. The van der Waals surface area contributed by atoms with Gasteiger partial charge in [0.15, 0.2) is 5.69 Å². The molecule has 4 aromatic rings. The first kappa shape index (κ1) is 24.9. The predicted molar refractivity (Wildman–Crippen MR) is 137 cm³/mol. The Bertz CT molecular complexity index is 1530. The Hall–Kier alpha value is -4.18. The van der Waals surface area contributed by atoms with Crippen LogP contribution in [0.25, 0.3) is 10.9 Å². The number of hydrogen-bond donors (Lipinski definition) is 1. The fourth-order valence-electron chi connectivity index (χ4n) is 3.75. The van der Waals surface area contributed by atoms with Gasteiger partial charge in [0.2, 0.25) is 5.88 Å². The molecule has 0 atom stereocenters. The second-order valence-electron chi connectivity index (χ2n) is 8.09. The van der Waals surface area contributed by atoms with Crippen LogP contribution in [-0.4, -0.2) is 37.2 Å². The van der Waals surface area contributed by atoms with Crippen LogP contribution < -0.4 is 9.04 Å². The number of sulfonamides is 1. The van der Waals surface area contributed by atoms with Crippen molar-refractivity contribution in [2.75, 3.05) is 17.5 Å². The summed E-state index contributed by atoms with van der Waals surface area (Å²) >= 11 is 0. The van der Waals surface area contributed by atoms with Gasteiger partial charge >= 0.3 is 0 Å². The van der Waals surface area contributed by atoms with Gasteiger partial charge in [-0.1, -0.05) is 35.9 Å². The van der Waals surface area contributed by atoms with Gasteiger partial charge in [0.25, 0.3) is 15.9 Å². The number of amides is 1. The van der Waals surface area contributed by atoms with Crippen LogP contribution >= 0.6 is 0 Å². The third-order valence-electron chi connectivity index (χ3n) is 5.64. The molecule has 0 aliphatic rings. The molecule has 0 saturated heterocycles. The van der Waals surface area contributed by atoms with Gasteiger partial charge in [-0.05, 0) is 56.3 Å². The Morgan fingerprint density at radius 3 is 2.36 bits per heavy atom. The van der Waals surface area contributed by atoms with Gasteiger partial charge in [-0.25, -0.2) is 8.42 Å². The van der Waals surface area contributed by atoms with E-state index in [2.05, 4.69) is 10.2 Å². The first-order valence-electron chi connectivity index (χ1n) is 11.3. The SMILES string of the molecule is CCOc1ccc(S(=O)(=O)N(CC(=O)N=Nc2c(O)n(C)c3ccccc23)c2ccc(C)cc2)cc1. The standard InChI is InChI=1S/C26H26N4O5S/c1-4-35-20-13-15-21(16-14-20)36(33,34)30(19-11-9-18(2)10-12-19)17-24(31)27-28-25-22-7-5-6-8-23(22)29(3)26(25)32/h5-16,32H,4,17H2,1-3H3. The van der Waals surface area contributed by atoms with Crippen molar-refractivity contribution >= 4 is 38.2 Å². The Morgan fingerprint density at radius 2 is 1.69 bits per heavy atom. The second-order valence-corrected chi connectivity index (χ2v) is 9.96. The molecule has 1 N–H and O–H groups in total. The maximum absolute atomic E-state index is 13.5. The third-order valence-corrected chi connectivity index (χ3v) is 7.42. The molecule has 0 saturated carbocycles. The fourth-order valence-corrected chi connectivity index (χ4v) is 5.16. The van der Waals surface area contributed by atoms with Crippen LogP contribution in [0.1, 0.15) is 12.5 Å². The van der Waals surface area contributed by atoms with Gasteiger partial charge in [-0.3, -0.25) is 9.10 Å². The number of carbonyl (C=O) groups excluding carboxylic acids is 1. The van der Waals surface area contributed by atoms with E-state index >= 15 is 0 Å². The van der Waals surface area contributed by atoms with Gasteiger partial charge in [-0.15, -0.1) is 10.2 Å². The molecule has 4 rings (SSSR count). The number of nitrogens with zero attached hydrogens (tertiary/aromatic N) is 4. The molecule has 3 aromatic carbocycles. The molecule has 0 aliphatic carbocycles. The van der Waals surface area contributed by atoms with E-state index in [0.717, 1.165) is 15.4 Å². The van der Waals surface area contributed by atoms with Crippen molar-refractivity contribution in [1.29, 1.82) is 0 Å². The second kappa shape index (κ2) is 10.2. The normalized spacial score (nSPS) is 11.8. The molecule has 1 amide bonds. The van der Waals surface area contributed by atoms with E-state index in [1.54, 1.807) is 61.6 Å². The predicted octanol–water partition coefficient (Wildman–Crippen LogP) is 5.10. The number of hydrogen-bond acceptors (Lipinski definition) is 6. The molecular formula is C26H26N4O5S. The molecular weight excluding hydrogens is 480 g/mol. The van der Waals surface area contributed by atoms with E-state index < -0.39 is 22.5 Å². The molecule has 10 heteroatoms. The summed E-state index contributed by atoms with van der Waals surface area (Å²) in [6, 6.07) is 19.9. The summed E-state index contributed by atoms with van der Waals surface area (Å²) in [5.41, 5.74) is 2.11. The minimum atomic E-state index is -4.11. The highest BCUT2D eigenvalue weighted by Gasteiger charge is 2.27. The van der Waals surface area contributed by atoms with E-state index in [1.807, 2.05) is 19.9 Å². The van der Waals surface area contributed by atoms with E-state index in [4.69, 9.17) is 4.74 Å². The number of carbonyl (C=O) groups is 1. The van der Waals surface area contributed by atoms with Crippen LogP contribution in [-0.2, 0) is 21.9 Å². The van der Waals surface area contributed by atoms with Crippen molar-refractivity contribution in [3.05, 3.63) is 78.4 Å². The van der Waals surface area contributed by atoms with Gasteiger partial charge in [0.05, 0.1) is 22.7 Å². The number of ether oxygens (including phenoxy) is 1. The Balaban J connectivity index is 1.66. The first-order chi connectivity index (χ1) is 17.2. The molecule has 0 fully saturated rings. The molecule has 0 unspecified atom stereocenters. The van der Waals surface area contributed by atoms with E-state index in [1.165, 1.54) is 16.7 Å². The number of aryl methyl sites for hydroxylation is 2. The van der Waals surface area contributed by atoms with Gasteiger partial charge in [0, 0.05) is 12.4 Å². The minimum Gasteiger partial charge on any atom is -0.494 e. The average Bonchev–Trinajstić information content (AvgIpc) is 3.12. The van der Waals surface area contributed by atoms with Crippen molar-refractivity contribution in [3.8, 4) is 11.6 Å². The maximum Gasteiger partial charge on any atom is 0.285 e. The summed E-state index contributed by atoms with van der Waals surface area (Å²) in [6.07, 6.45) is 0. The summed E-state index contributed by atoms with van der Waals surface area (Å²) < 4.78 is 35.0. The summed E-state index contributed by atoms with van der Waals surface area (Å²) in [6.45, 7) is 3.59. The highest BCUT2D eigenvalue weighted by molar-refractivity contribution is 7.92. The fraction of sp³-hybridized carbons (Fsp3) is 0.192. The number of rotatable bonds is 8. The van der Waals surface area contributed by atoms with Gasteiger partial charge in [0.1, 0.15) is 12.3 Å². The highest BCUT2D eigenvalue weighted by atomic mass is 32.2. The van der Waals surface area contributed by atoms with E-state index in [9.17, 15) is 18.3 Å². The smallest absolute Gasteiger partial charge is 0.285 e. The van der Waals surface area contributed by atoms with Crippen molar-refractivity contribution < 1.29 is 23.1 Å². The van der Waals surface area contributed by atoms with Crippen molar-refractivity contribution in [1.82, 2.24) is 4.57 Å². The zero-order valence-electron chi connectivity index (χ0n) is 20.1. The minimum absolute atomic E-state index is 0.00275. The highest BCUT2D eigenvalue weighted by Crippen LogP contribution is 2.37. The van der Waals surface area contributed by atoms with Crippen LogP contribution in [0.4, 0.5) is 11.4 Å². The number of benzene rings is 3. The zero-order valence-corrected chi connectivity index (χ0v) is 20.9. The molecule has 36 heavy (non-hydrogen) atoms. The van der Waals surface area contributed by atoms with Crippen molar-refractivity contribution in [3.63, 3.8) is 0 Å². The number of anilines is 1. The van der Waals surface area contributed by atoms with Crippen LogP contribution in [0, 0.1) is 6.92 Å². The Labute approximate surface area is 209 Å². The number of fused-ring (bicyclic) bond motifs is 1.